The van der Waals surface area contributed by atoms with Crippen molar-refractivity contribution in [3.8, 4) is 5.75 Å². The molecule has 0 unspecified atom stereocenters. The maximum atomic E-state index is 12.0. The SMILES string of the molecule is CCOCCCNC(=O)c1ccc2cc(OC)ccc2n1. The summed E-state index contributed by atoms with van der Waals surface area (Å²) in [7, 11) is 1.62. The smallest absolute Gasteiger partial charge is 0.269 e. The maximum Gasteiger partial charge on any atom is 0.269 e. The van der Waals surface area contributed by atoms with Crippen LogP contribution in [0.15, 0.2) is 30.3 Å². The van der Waals surface area contributed by atoms with Crippen molar-refractivity contribution in [2.24, 2.45) is 0 Å². The van der Waals surface area contributed by atoms with Crippen LogP contribution in [0.2, 0.25) is 0 Å². The highest BCUT2D eigenvalue weighted by atomic mass is 16.5. The number of carbonyl (C=O) groups excluding carboxylic acids is 1. The molecule has 0 saturated heterocycles. The molecule has 1 amide bonds. The molecule has 0 aliphatic carbocycles. The van der Waals surface area contributed by atoms with Gasteiger partial charge >= 0.3 is 0 Å². The molecular formula is C16H20N2O3. The van der Waals surface area contributed by atoms with Gasteiger partial charge in [-0.05, 0) is 37.6 Å². The van der Waals surface area contributed by atoms with E-state index in [1.807, 2.05) is 31.2 Å². The fourth-order valence-corrected chi connectivity index (χ4v) is 1.97. The van der Waals surface area contributed by atoms with E-state index in [-0.39, 0.29) is 5.91 Å². The Morgan fingerprint density at radius 3 is 2.90 bits per heavy atom. The largest absolute Gasteiger partial charge is 0.497 e. The molecule has 0 bridgehead atoms. The molecule has 2 rings (SSSR count). The fraction of sp³-hybridized carbons (Fsp3) is 0.375. The topological polar surface area (TPSA) is 60.5 Å². The number of amides is 1. The van der Waals surface area contributed by atoms with Gasteiger partial charge in [0, 0.05) is 25.1 Å². The molecule has 0 atom stereocenters. The van der Waals surface area contributed by atoms with Crippen molar-refractivity contribution < 1.29 is 14.3 Å². The third-order valence-electron chi connectivity index (χ3n) is 3.08. The van der Waals surface area contributed by atoms with E-state index in [4.69, 9.17) is 9.47 Å². The Balaban J connectivity index is 1.99. The molecule has 0 spiro atoms. The number of rotatable bonds is 7. The Bertz CT molecular complexity index is 613. The number of carbonyl (C=O) groups is 1. The highest BCUT2D eigenvalue weighted by molar-refractivity contribution is 5.95. The highest BCUT2D eigenvalue weighted by Gasteiger charge is 2.07. The first-order chi connectivity index (χ1) is 10.2. The number of nitrogens with zero attached hydrogens (tertiary/aromatic N) is 1. The summed E-state index contributed by atoms with van der Waals surface area (Å²) in [4.78, 5) is 16.4. The van der Waals surface area contributed by atoms with E-state index in [1.54, 1.807) is 13.2 Å². The highest BCUT2D eigenvalue weighted by Crippen LogP contribution is 2.19. The van der Waals surface area contributed by atoms with Crippen molar-refractivity contribution in [2.75, 3.05) is 26.9 Å². The number of pyridine rings is 1. The molecule has 0 aliphatic heterocycles. The molecule has 0 aliphatic rings. The second-order valence-electron chi connectivity index (χ2n) is 4.56. The van der Waals surface area contributed by atoms with Gasteiger partial charge in [0.05, 0.1) is 12.6 Å². The standard InChI is InChI=1S/C16H20N2O3/c1-3-21-10-4-9-17-16(19)15-7-5-12-11-13(20-2)6-8-14(12)18-15/h5-8,11H,3-4,9-10H2,1-2H3,(H,17,19). The van der Waals surface area contributed by atoms with Gasteiger partial charge in [0.2, 0.25) is 0 Å². The molecule has 0 saturated carbocycles. The molecule has 2 aromatic rings. The Hall–Kier alpha value is -2.14. The molecule has 1 aromatic carbocycles. The molecule has 5 heteroatoms. The van der Waals surface area contributed by atoms with Gasteiger partial charge in [-0.15, -0.1) is 0 Å². The molecule has 0 radical (unpaired) electrons. The molecule has 1 aromatic heterocycles. The summed E-state index contributed by atoms with van der Waals surface area (Å²) in [5, 5.41) is 3.79. The minimum atomic E-state index is -0.163. The number of benzene rings is 1. The van der Waals surface area contributed by atoms with Crippen LogP contribution in [-0.4, -0.2) is 37.8 Å². The van der Waals surface area contributed by atoms with E-state index in [0.29, 0.717) is 25.5 Å². The summed E-state index contributed by atoms with van der Waals surface area (Å²) in [5.74, 6) is 0.613. The maximum absolute atomic E-state index is 12.0. The van der Waals surface area contributed by atoms with Gasteiger partial charge in [-0.25, -0.2) is 4.98 Å². The van der Waals surface area contributed by atoms with Crippen molar-refractivity contribution in [2.45, 2.75) is 13.3 Å². The van der Waals surface area contributed by atoms with E-state index < -0.39 is 0 Å². The number of hydrogen-bond donors (Lipinski definition) is 1. The second kappa shape index (κ2) is 7.59. The van der Waals surface area contributed by atoms with Crippen LogP contribution < -0.4 is 10.1 Å². The van der Waals surface area contributed by atoms with Gasteiger partial charge in [-0.2, -0.15) is 0 Å². The zero-order valence-electron chi connectivity index (χ0n) is 12.4. The number of hydrogen-bond acceptors (Lipinski definition) is 4. The van der Waals surface area contributed by atoms with Crippen molar-refractivity contribution in [1.29, 1.82) is 0 Å². The first-order valence-electron chi connectivity index (χ1n) is 7.05. The van der Waals surface area contributed by atoms with E-state index in [1.165, 1.54) is 0 Å². The van der Waals surface area contributed by atoms with E-state index >= 15 is 0 Å². The van der Waals surface area contributed by atoms with Crippen LogP contribution >= 0.6 is 0 Å². The average Bonchev–Trinajstić information content (AvgIpc) is 2.53. The third-order valence-corrected chi connectivity index (χ3v) is 3.08. The quantitative estimate of drug-likeness (QED) is 0.795. The van der Waals surface area contributed by atoms with Crippen LogP contribution in [0.3, 0.4) is 0 Å². The fourth-order valence-electron chi connectivity index (χ4n) is 1.97. The van der Waals surface area contributed by atoms with Crippen molar-refractivity contribution in [3.05, 3.63) is 36.0 Å². The summed E-state index contributed by atoms with van der Waals surface area (Å²) >= 11 is 0. The van der Waals surface area contributed by atoms with Gasteiger partial charge in [0.1, 0.15) is 11.4 Å². The zero-order chi connectivity index (χ0) is 15.1. The van der Waals surface area contributed by atoms with Crippen LogP contribution in [0, 0.1) is 0 Å². The van der Waals surface area contributed by atoms with Crippen molar-refractivity contribution in [3.63, 3.8) is 0 Å². The first-order valence-corrected chi connectivity index (χ1v) is 7.05. The lowest BCUT2D eigenvalue weighted by molar-refractivity contribution is 0.0939. The minimum Gasteiger partial charge on any atom is -0.497 e. The van der Waals surface area contributed by atoms with Crippen LogP contribution in [0.4, 0.5) is 0 Å². The number of fused-ring (bicyclic) bond motifs is 1. The van der Waals surface area contributed by atoms with Gasteiger partial charge in [0.15, 0.2) is 0 Å². The Morgan fingerprint density at radius 1 is 1.29 bits per heavy atom. The lowest BCUT2D eigenvalue weighted by Gasteiger charge is -2.06. The summed E-state index contributed by atoms with van der Waals surface area (Å²) in [5.41, 5.74) is 1.20. The Morgan fingerprint density at radius 2 is 2.14 bits per heavy atom. The van der Waals surface area contributed by atoms with Crippen LogP contribution in [0.25, 0.3) is 10.9 Å². The zero-order valence-corrected chi connectivity index (χ0v) is 12.4. The monoisotopic (exact) mass is 288 g/mol. The van der Waals surface area contributed by atoms with Crippen LogP contribution in [0.1, 0.15) is 23.8 Å². The summed E-state index contributed by atoms with van der Waals surface area (Å²) in [6, 6.07) is 9.17. The third kappa shape index (κ3) is 4.16. The lowest BCUT2D eigenvalue weighted by atomic mass is 10.2. The molecule has 112 valence electrons. The first kappa shape index (κ1) is 15.3. The predicted molar refractivity (Wildman–Crippen MR) is 81.7 cm³/mol. The summed E-state index contributed by atoms with van der Waals surface area (Å²) in [6.07, 6.45) is 0.796. The number of ether oxygens (including phenoxy) is 2. The van der Waals surface area contributed by atoms with E-state index in [9.17, 15) is 4.79 Å². The molecule has 1 heterocycles. The normalized spacial score (nSPS) is 10.6. The summed E-state index contributed by atoms with van der Waals surface area (Å²) < 4.78 is 10.4. The minimum absolute atomic E-state index is 0.163. The van der Waals surface area contributed by atoms with Crippen molar-refractivity contribution >= 4 is 16.8 Å². The number of methoxy groups -OCH3 is 1. The van der Waals surface area contributed by atoms with E-state index in [0.717, 1.165) is 23.1 Å². The number of nitrogens with one attached hydrogen (secondary N) is 1. The summed E-state index contributed by atoms with van der Waals surface area (Å²) in [6.45, 7) is 3.89. The van der Waals surface area contributed by atoms with Crippen molar-refractivity contribution in [1.82, 2.24) is 10.3 Å². The Kier molecular flexibility index (Phi) is 5.51. The lowest BCUT2D eigenvalue weighted by Crippen LogP contribution is -2.26. The predicted octanol–water partition coefficient (Wildman–Crippen LogP) is 2.40. The van der Waals surface area contributed by atoms with Gasteiger partial charge in [-0.3, -0.25) is 4.79 Å². The molecular weight excluding hydrogens is 268 g/mol. The van der Waals surface area contributed by atoms with E-state index in [2.05, 4.69) is 10.3 Å². The molecule has 0 fully saturated rings. The van der Waals surface area contributed by atoms with Crippen LogP contribution in [-0.2, 0) is 4.74 Å². The van der Waals surface area contributed by atoms with Crippen LogP contribution in [0.5, 0.6) is 5.75 Å². The average molecular weight is 288 g/mol. The second-order valence-corrected chi connectivity index (χ2v) is 4.56. The molecule has 1 N–H and O–H groups in total. The molecule has 21 heavy (non-hydrogen) atoms. The van der Waals surface area contributed by atoms with Gasteiger partial charge < -0.3 is 14.8 Å². The Labute approximate surface area is 124 Å². The molecule has 5 nitrogen and oxygen atoms in total. The van der Waals surface area contributed by atoms with Gasteiger partial charge in [-0.1, -0.05) is 6.07 Å². The number of aromatic nitrogens is 1. The van der Waals surface area contributed by atoms with Gasteiger partial charge in [0.25, 0.3) is 5.91 Å².